The molecule has 0 saturated carbocycles. The molecular formula is C14H19NO2S. The predicted molar refractivity (Wildman–Crippen MR) is 73.5 cm³/mol. The number of hydrogen-bond acceptors (Lipinski definition) is 3. The second kappa shape index (κ2) is 6.71. The van der Waals surface area contributed by atoms with Crippen LogP contribution in [0.2, 0.25) is 0 Å². The lowest BCUT2D eigenvalue weighted by atomic mass is 9.98. The van der Waals surface area contributed by atoms with E-state index in [1.807, 2.05) is 16.3 Å². The molecule has 0 bridgehead atoms. The summed E-state index contributed by atoms with van der Waals surface area (Å²) in [6.45, 7) is 6.47. The second-order valence-electron chi connectivity index (χ2n) is 4.47. The lowest BCUT2D eigenvalue weighted by Gasteiger charge is -2.28. The number of hydrogen-bond donors (Lipinski definition) is 0. The summed E-state index contributed by atoms with van der Waals surface area (Å²) in [5, 5.41) is 2.04. The number of rotatable bonds is 5. The van der Waals surface area contributed by atoms with Crippen molar-refractivity contribution in [3.8, 4) is 0 Å². The predicted octanol–water partition coefficient (Wildman–Crippen LogP) is 2.69. The number of thiophene rings is 1. The highest BCUT2D eigenvalue weighted by atomic mass is 32.1. The number of carbonyl (C=O) groups is 1. The molecule has 0 N–H and O–H groups in total. The van der Waals surface area contributed by atoms with Crippen LogP contribution in [0.5, 0.6) is 0 Å². The molecule has 2 rings (SSSR count). The van der Waals surface area contributed by atoms with Crippen molar-refractivity contribution in [1.82, 2.24) is 4.90 Å². The largest absolute Gasteiger partial charge is 0.381 e. The summed E-state index contributed by atoms with van der Waals surface area (Å²) in [6, 6.07) is 4.09. The molecular weight excluding hydrogens is 246 g/mol. The molecule has 0 atom stereocenters. The Labute approximate surface area is 112 Å². The van der Waals surface area contributed by atoms with Crippen molar-refractivity contribution in [1.29, 1.82) is 0 Å². The van der Waals surface area contributed by atoms with E-state index in [0.717, 1.165) is 12.8 Å². The minimum Gasteiger partial charge on any atom is -0.381 e. The first-order valence-corrected chi connectivity index (χ1v) is 7.19. The molecule has 1 amide bonds. The Balaban J connectivity index is 1.99. The normalized spacial score (nSPS) is 16.4. The van der Waals surface area contributed by atoms with Crippen molar-refractivity contribution in [2.75, 3.05) is 19.8 Å². The fraction of sp³-hybridized carbons (Fsp3) is 0.500. The molecule has 0 unspecified atom stereocenters. The lowest BCUT2D eigenvalue weighted by molar-refractivity contribution is -0.138. The van der Waals surface area contributed by atoms with Crippen LogP contribution < -0.4 is 0 Å². The van der Waals surface area contributed by atoms with Crippen LogP contribution in [0.4, 0.5) is 0 Å². The molecule has 1 fully saturated rings. The number of amides is 1. The van der Waals surface area contributed by atoms with Crippen molar-refractivity contribution in [2.24, 2.45) is 5.92 Å². The lowest BCUT2D eigenvalue weighted by Crippen LogP contribution is -2.38. The van der Waals surface area contributed by atoms with Crippen LogP contribution in [0.1, 0.15) is 17.7 Å². The van der Waals surface area contributed by atoms with Crippen molar-refractivity contribution in [3.05, 3.63) is 35.0 Å². The molecule has 0 aliphatic carbocycles. The maximum Gasteiger partial charge on any atom is 0.226 e. The fourth-order valence-electron chi connectivity index (χ4n) is 2.18. The van der Waals surface area contributed by atoms with Gasteiger partial charge in [0.1, 0.15) is 0 Å². The van der Waals surface area contributed by atoms with Crippen LogP contribution in [-0.2, 0) is 16.1 Å². The summed E-state index contributed by atoms with van der Waals surface area (Å²) >= 11 is 1.69. The van der Waals surface area contributed by atoms with Gasteiger partial charge in [-0.25, -0.2) is 0 Å². The molecule has 1 aliphatic heterocycles. The smallest absolute Gasteiger partial charge is 0.226 e. The van der Waals surface area contributed by atoms with E-state index in [9.17, 15) is 4.79 Å². The van der Waals surface area contributed by atoms with E-state index in [2.05, 4.69) is 12.6 Å². The van der Waals surface area contributed by atoms with E-state index in [4.69, 9.17) is 4.74 Å². The topological polar surface area (TPSA) is 29.5 Å². The van der Waals surface area contributed by atoms with Crippen LogP contribution in [0, 0.1) is 5.92 Å². The van der Waals surface area contributed by atoms with Crippen LogP contribution >= 0.6 is 11.3 Å². The summed E-state index contributed by atoms with van der Waals surface area (Å²) in [5.41, 5.74) is 0. The SMILES string of the molecule is C=CCN(Cc1cccs1)C(=O)C1CCOCC1. The summed E-state index contributed by atoms with van der Waals surface area (Å²) in [4.78, 5) is 15.6. The van der Waals surface area contributed by atoms with Gasteiger partial charge < -0.3 is 9.64 Å². The Morgan fingerprint density at radius 3 is 2.94 bits per heavy atom. The first-order chi connectivity index (χ1) is 8.81. The third kappa shape index (κ3) is 3.43. The van der Waals surface area contributed by atoms with Crippen molar-refractivity contribution in [2.45, 2.75) is 19.4 Å². The van der Waals surface area contributed by atoms with E-state index in [1.54, 1.807) is 17.4 Å². The van der Waals surface area contributed by atoms with Gasteiger partial charge in [-0.2, -0.15) is 0 Å². The molecule has 3 nitrogen and oxygen atoms in total. The van der Waals surface area contributed by atoms with Crippen LogP contribution in [0.3, 0.4) is 0 Å². The standard InChI is InChI=1S/C14H19NO2S/c1-2-7-15(11-13-4-3-10-18-13)14(16)12-5-8-17-9-6-12/h2-4,10,12H,1,5-9,11H2. The molecule has 4 heteroatoms. The van der Waals surface area contributed by atoms with Crippen LogP contribution in [-0.4, -0.2) is 30.6 Å². The fourth-order valence-corrected chi connectivity index (χ4v) is 2.90. The maximum absolute atomic E-state index is 12.4. The monoisotopic (exact) mass is 265 g/mol. The maximum atomic E-state index is 12.4. The number of nitrogens with zero attached hydrogens (tertiary/aromatic N) is 1. The van der Waals surface area contributed by atoms with E-state index >= 15 is 0 Å². The average molecular weight is 265 g/mol. The molecule has 0 spiro atoms. The van der Waals surface area contributed by atoms with Gasteiger partial charge in [-0.3, -0.25) is 4.79 Å². The van der Waals surface area contributed by atoms with Crippen LogP contribution in [0.15, 0.2) is 30.2 Å². The summed E-state index contributed by atoms with van der Waals surface area (Å²) in [6.07, 6.45) is 3.48. The highest BCUT2D eigenvalue weighted by molar-refractivity contribution is 7.09. The second-order valence-corrected chi connectivity index (χ2v) is 5.51. The third-order valence-electron chi connectivity index (χ3n) is 3.16. The van der Waals surface area contributed by atoms with Gasteiger partial charge in [0.05, 0.1) is 6.54 Å². The van der Waals surface area contributed by atoms with Crippen molar-refractivity contribution >= 4 is 17.2 Å². The summed E-state index contributed by atoms with van der Waals surface area (Å²) in [7, 11) is 0. The Hall–Kier alpha value is -1.13. The summed E-state index contributed by atoms with van der Waals surface area (Å²) in [5.74, 6) is 0.366. The van der Waals surface area contributed by atoms with Crippen LogP contribution in [0.25, 0.3) is 0 Å². The van der Waals surface area contributed by atoms with Gasteiger partial charge in [0.2, 0.25) is 5.91 Å². The minimum atomic E-state index is 0.124. The van der Waals surface area contributed by atoms with E-state index in [0.29, 0.717) is 26.3 Å². The van der Waals surface area contributed by atoms with Crippen molar-refractivity contribution < 1.29 is 9.53 Å². The highest BCUT2D eigenvalue weighted by Gasteiger charge is 2.25. The number of ether oxygens (including phenoxy) is 1. The van der Waals surface area contributed by atoms with E-state index in [-0.39, 0.29) is 11.8 Å². The highest BCUT2D eigenvalue weighted by Crippen LogP contribution is 2.20. The average Bonchev–Trinajstić information content (AvgIpc) is 2.91. The Morgan fingerprint density at radius 2 is 2.33 bits per heavy atom. The van der Waals surface area contributed by atoms with Gasteiger partial charge in [-0.05, 0) is 24.3 Å². The van der Waals surface area contributed by atoms with E-state index in [1.165, 1.54) is 4.88 Å². The van der Waals surface area contributed by atoms with E-state index < -0.39 is 0 Å². The molecule has 1 saturated heterocycles. The molecule has 1 aromatic rings. The minimum absolute atomic E-state index is 0.124. The zero-order chi connectivity index (χ0) is 12.8. The molecule has 0 radical (unpaired) electrons. The van der Waals surface area contributed by atoms with Gasteiger partial charge in [0.15, 0.2) is 0 Å². The molecule has 1 aromatic heterocycles. The van der Waals surface area contributed by atoms with Gasteiger partial charge in [-0.1, -0.05) is 12.1 Å². The van der Waals surface area contributed by atoms with Gasteiger partial charge in [-0.15, -0.1) is 17.9 Å². The molecule has 98 valence electrons. The first-order valence-electron chi connectivity index (χ1n) is 6.31. The molecule has 0 aromatic carbocycles. The number of carbonyl (C=O) groups excluding carboxylic acids is 1. The Morgan fingerprint density at radius 1 is 1.56 bits per heavy atom. The van der Waals surface area contributed by atoms with Gasteiger partial charge >= 0.3 is 0 Å². The zero-order valence-corrected chi connectivity index (χ0v) is 11.3. The first kappa shape index (κ1) is 13.3. The van der Waals surface area contributed by atoms with Crippen molar-refractivity contribution in [3.63, 3.8) is 0 Å². The van der Waals surface area contributed by atoms with Gasteiger partial charge in [0.25, 0.3) is 0 Å². The molecule has 2 heterocycles. The zero-order valence-electron chi connectivity index (χ0n) is 10.5. The quantitative estimate of drug-likeness (QED) is 0.766. The van der Waals surface area contributed by atoms with Gasteiger partial charge in [0, 0.05) is 30.6 Å². The molecule has 1 aliphatic rings. The molecule has 18 heavy (non-hydrogen) atoms. The Kier molecular flexibility index (Phi) is 4.96. The summed E-state index contributed by atoms with van der Waals surface area (Å²) < 4.78 is 5.31. The third-order valence-corrected chi connectivity index (χ3v) is 4.02. The Bertz CT molecular complexity index is 383.